The molecule has 4 heteroatoms. The number of aliphatic hydroxyl groups is 1. The number of aliphatic hydroxyl groups excluding tert-OH is 1. The number of methoxy groups -OCH3 is 2. The second-order valence-electron chi connectivity index (χ2n) is 6.08. The zero-order valence-corrected chi connectivity index (χ0v) is 14.9. The number of ether oxygens (including phenoxy) is 2. The van der Waals surface area contributed by atoms with Gasteiger partial charge in [-0.1, -0.05) is 30.3 Å². The Morgan fingerprint density at radius 2 is 1.75 bits per heavy atom. The molecule has 0 aliphatic rings. The van der Waals surface area contributed by atoms with Crippen LogP contribution >= 0.6 is 0 Å². The number of hydrogen-bond acceptors (Lipinski definition) is 4. The van der Waals surface area contributed by atoms with Crippen LogP contribution in [0.3, 0.4) is 0 Å². The highest BCUT2D eigenvalue weighted by atomic mass is 16.5. The van der Waals surface area contributed by atoms with Crippen LogP contribution in [0.25, 0.3) is 0 Å². The molecule has 0 fully saturated rings. The van der Waals surface area contributed by atoms with Crippen LogP contribution in [0.4, 0.5) is 0 Å². The van der Waals surface area contributed by atoms with Crippen LogP contribution in [0.2, 0.25) is 0 Å². The van der Waals surface area contributed by atoms with Gasteiger partial charge in [0, 0.05) is 12.6 Å². The SMILES string of the molecule is COc1ccc(C[C@@H](C)NC[C@H](O)c2ccccc2C)cc1OC. The van der Waals surface area contributed by atoms with Crippen molar-refractivity contribution >= 4 is 0 Å². The third-order valence-electron chi connectivity index (χ3n) is 4.20. The zero-order chi connectivity index (χ0) is 17.5. The Bertz CT molecular complexity index is 657. The first-order valence-electron chi connectivity index (χ1n) is 8.23. The largest absolute Gasteiger partial charge is 0.493 e. The summed E-state index contributed by atoms with van der Waals surface area (Å²) in [4.78, 5) is 0. The van der Waals surface area contributed by atoms with Gasteiger partial charge in [0.05, 0.1) is 20.3 Å². The molecule has 130 valence electrons. The molecule has 0 unspecified atom stereocenters. The van der Waals surface area contributed by atoms with Crippen LogP contribution in [0, 0.1) is 6.92 Å². The molecule has 0 amide bonds. The van der Waals surface area contributed by atoms with Crippen molar-refractivity contribution in [2.24, 2.45) is 0 Å². The normalized spacial score (nSPS) is 13.4. The Morgan fingerprint density at radius 1 is 1.04 bits per heavy atom. The molecule has 2 aromatic rings. The van der Waals surface area contributed by atoms with E-state index in [0.717, 1.165) is 34.6 Å². The summed E-state index contributed by atoms with van der Waals surface area (Å²) < 4.78 is 10.6. The lowest BCUT2D eigenvalue weighted by Crippen LogP contribution is -2.32. The molecule has 0 aromatic heterocycles. The fourth-order valence-electron chi connectivity index (χ4n) is 2.82. The van der Waals surface area contributed by atoms with Crippen molar-refractivity contribution in [3.05, 3.63) is 59.2 Å². The van der Waals surface area contributed by atoms with Gasteiger partial charge in [0.15, 0.2) is 11.5 Å². The summed E-state index contributed by atoms with van der Waals surface area (Å²) in [6, 6.07) is 14.1. The number of aryl methyl sites for hydroxylation is 1. The molecule has 2 aromatic carbocycles. The monoisotopic (exact) mass is 329 g/mol. The van der Waals surface area contributed by atoms with E-state index in [1.54, 1.807) is 14.2 Å². The molecule has 2 N–H and O–H groups in total. The minimum atomic E-state index is -0.501. The third-order valence-corrected chi connectivity index (χ3v) is 4.20. The van der Waals surface area contributed by atoms with Crippen LogP contribution < -0.4 is 14.8 Å². The lowest BCUT2D eigenvalue weighted by atomic mass is 10.0. The molecule has 4 nitrogen and oxygen atoms in total. The zero-order valence-electron chi connectivity index (χ0n) is 14.9. The quantitative estimate of drug-likeness (QED) is 0.780. The number of benzene rings is 2. The Morgan fingerprint density at radius 3 is 2.42 bits per heavy atom. The summed E-state index contributed by atoms with van der Waals surface area (Å²) in [5, 5.41) is 13.8. The number of nitrogens with one attached hydrogen (secondary N) is 1. The smallest absolute Gasteiger partial charge is 0.160 e. The van der Waals surface area contributed by atoms with Crippen molar-refractivity contribution in [1.29, 1.82) is 0 Å². The summed E-state index contributed by atoms with van der Waals surface area (Å²) >= 11 is 0. The van der Waals surface area contributed by atoms with Gasteiger partial charge < -0.3 is 19.9 Å². The molecule has 0 radical (unpaired) electrons. The predicted octanol–water partition coefficient (Wildman–Crippen LogP) is 3.27. The minimum absolute atomic E-state index is 0.238. The van der Waals surface area contributed by atoms with Crippen molar-refractivity contribution in [2.75, 3.05) is 20.8 Å². The van der Waals surface area contributed by atoms with Gasteiger partial charge in [-0.25, -0.2) is 0 Å². The highest BCUT2D eigenvalue weighted by Gasteiger charge is 2.12. The summed E-state index contributed by atoms with van der Waals surface area (Å²) in [5.41, 5.74) is 3.25. The highest BCUT2D eigenvalue weighted by Crippen LogP contribution is 2.28. The molecule has 0 saturated carbocycles. The van der Waals surface area contributed by atoms with Gasteiger partial charge in [-0.05, 0) is 49.1 Å². The second kappa shape index (κ2) is 8.71. The Kier molecular flexibility index (Phi) is 6.64. The van der Waals surface area contributed by atoms with E-state index in [9.17, 15) is 5.11 Å². The van der Waals surface area contributed by atoms with E-state index in [4.69, 9.17) is 9.47 Å². The molecule has 0 aliphatic heterocycles. The molecular formula is C20H27NO3. The molecule has 24 heavy (non-hydrogen) atoms. The van der Waals surface area contributed by atoms with Gasteiger partial charge in [0.25, 0.3) is 0 Å². The second-order valence-corrected chi connectivity index (χ2v) is 6.08. The van der Waals surface area contributed by atoms with E-state index in [-0.39, 0.29) is 6.04 Å². The molecule has 0 saturated heterocycles. The maximum Gasteiger partial charge on any atom is 0.160 e. The van der Waals surface area contributed by atoms with E-state index >= 15 is 0 Å². The average molecular weight is 329 g/mol. The standard InChI is InChI=1S/C20H27NO3/c1-14-7-5-6-8-17(14)18(22)13-21-15(2)11-16-9-10-19(23-3)20(12-16)24-4/h5-10,12,15,18,21-22H,11,13H2,1-4H3/t15-,18+/m1/s1. The van der Waals surface area contributed by atoms with Crippen molar-refractivity contribution < 1.29 is 14.6 Å². The minimum Gasteiger partial charge on any atom is -0.493 e. The van der Waals surface area contributed by atoms with Crippen LogP contribution in [0.1, 0.15) is 29.7 Å². The van der Waals surface area contributed by atoms with E-state index in [1.165, 1.54) is 0 Å². The van der Waals surface area contributed by atoms with Gasteiger partial charge in [0.2, 0.25) is 0 Å². The lowest BCUT2D eigenvalue weighted by molar-refractivity contribution is 0.170. The van der Waals surface area contributed by atoms with Crippen LogP contribution in [-0.4, -0.2) is 31.9 Å². The Balaban J connectivity index is 1.91. The van der Waals surface area contributed by atoms with E-state index < -0.39 is 6.10 Å². The molecule has 2 atom stereocenters. The summed E-state index contributed by atoms with van der Waals surface area (Å²) in [5.74, 6) is 1.47. The summed E-state index contributed by atoms with van der Waals surface area (Å²) in [6.07, 6.45) is 0.347. The third kappa shape index (κ3) is 4.73. The highest BCUT2D eigenvalue weighted by molar-refractivity contribution is 5.43. The van der Waals surface area contributed by atoms with Crippen LogP contribution in [0.15, 0.2) is 42.5 Å². The van der Waals surface area contributed by atoms with E-state index in [1.807, 2.05) is 49.4 Å². The van der Waals surface area contributed by atoms with E-state index in [0.29, 0.717) is 6.54 Å². The Hall–Kier alpha value is -2.04. The number of rotatable bonds is 8. The maximum absolute atomic E-state index is 10.4. The van der Waals surface area contributed by atoms with Crippen LogP contribution in [-0.2, 0) is 6.42 Å². The summed E-state index contributed by atoms with van der Waals surface area (Å²) in [7, 11) is 3.27. The number of hydrogen-bond donors (Lipinski definition) is 2. The molecular weight excluding hydrogens is 302 g/mol. The van der Waals surface area contributed by atoms with Crippen molar-refractivity contribution in [3.8, 4) is 11.5 Å². The first-order chi connectivity index (χ1) is 11.5. The molecule has 0 bridgehead atoms. The fraction of sp³-hybridized carbons (Fsp3) is 0.400. The molecule has 2 rings (SSSR count). The van der Waals surface area contributed by atoms with Crippen molar-refractivity contribution in [3.63, 3.8) is 0 Å². The fourth-order valence-corrected chi connectivity index (χ4v) is 2.82. The van der Waals surface area contributed by atoms with Crippen LogP contribution in [0.5, 0.6) is 11.5 Å². The topological polar surface area (TPSA) is 50.7 Å². The van der Waals surface area contributed by atoms with Gasteiger partial charge in [0.1, 0.15) is 0 Å². The molecule has 0 spiro atoms. The average Bonchev–Trinajstić information content (AvgIpc) is 2.60. The van der Waals surface area contributed by atoms with E-state index in [2.05, 4.69) is 12.2 Å². The lowest BCUT2D eigenvalue weighted by Gasteiger charge is -2.19. The molecule has 0 aliphatic carbocycles. The molecule has 0 heterocycles. The van der Waals surface area contributed by atoms with Gasteiger partial charge >= 0.3 is 0 Å². The summed E-state index contributed by atoms with van der Waals surface area (Å²) in [6.45, 7) is 4.66. The first-order valence-corrected chi connectivity index (χ1v) is 8.23. The predicted molar refractivity (Wildman–Crippen MR) is 96.9 cm³/mol. The van der Waals surface area contributed by atoms with Gasteiger partial charge in [-0.3, -0.25) is 0 Å². The van der Waals surface area contributed by atoms with Crippen molar-refractivity contribution in [2.45, 2.75) is 32.4 Å². The van der Waals surface area contributed by atoms with Gasteiger partial charge in [-0.15, -0.1) is 0 Å². The van der Waals surface area contributed by atoms with Crippen molar-refractivity contribution in [1.82, 2.24) is 5.32 Å². The Labute approximate surface area is 144 Å². The first kappa shape index (κ1) is 18.3. The maximum atomic E-state index is 10.4. The van der Waals surface area contributed by atoms with Gasteiger partial charge in [-0.2, -0.15) is 0 Å².